The van der Waals surface area contributed by atoms with Crippen LogP contribution in [0.3, 0.4) is 0 Å². The average Bonchev–Trinajstić information content (AvgIpc) is 2.18. The predicted octanol–water partition coefficient (Wildman–Crippen LogP) is 2.50. The molecule has 1 aromatic carbocycles. The molecule has 0 aliphatic heterocycles. The quantitative estimate of drug-likeness (QED) is 0.743. The maximum atomic E-state index is 10.1. The lowest BCUT2D eigenvalue weighted by molar-refractivity contribution is 0.0415. The number of hydrogen-bond acceptors (Lipinski definition) is 3. The van der Waals surface area contributed by atoms with Crippen LogP contribution in [0.5, 0.6) is 0 Å². The van der Waals surface area contributed by atoms with E-state index < -0.39 is 12.1 Å². The highest BCUT2D eigenvalue weighted by atomic mass is 35.5. The summed E-state index contributed by atoms with van der Waals surface area (Å²) in [6.45, 7) is 0. The van der Waals surface area contributed by atoms with E-state index in [2.05, 4.69) is 0 Å². The molecule has 1 saturated carbocycles. The van der Waals surface area contributed by atoms with Crippen LogP contribution in [0.2, 0.25) is 5.02 Å². The molecule has 0 heterocycles. The standard InChI is InChI=1S/C12H17ClN2O.ClH/c13-8-4-5-10(14)9(6-8)11(15)12(16)7-2-1-3-7;/h4-7,11-12,16H,1-3,14-15H2;1H/t11-,12+;/m0./s1. The zero-order valence-electron chi connectivity index (χ0n) is 9.47. The van der Waals surface area contributed by atoms with Crippen LogP contribution < -0.4 is 11.5 Å². The summed E-state index contributed by atoms with van der Waals surface area (Å²) >= 11 is 5.90. The number of nitrogens with two attached hydrogens (primary N) is 2. The number of halogens is 2. The van der Waals surface area contributed by atoms with Gasteiger partial charge in [-0.1, -0.05) is 18.0 Å². The predicted molar refractivity (Wildman–Crippen MR) is 73.4 cm³/mol. The molecule has 5 N–H and O–H groups in total. The first-order valence-corrected chi connectivity index (χ1v) is 5.96. The number of aliphatic hydroxyl groups is 1. The highest BCUT2D eigenvalue weighted by Gasteiger charge is 2.31. The van der Waals surface area contributed by atoms with Gasteiger partial charge >= 0.3 is 0 Å². The lowest BCUT2D eigenvalue weighted by Gasteiger charge is -2.34. The number of rotatable bonds is 3. The van der Waals surface area contributed by atoms with Crippen molar-refractivity contribution in [2.24, 2.45) is 11.7 Å². The molecule has 3 nitrogen and oxygen atoms in total. The summed E-state index contributed by atoms with van der Waals surface area (Å²) in [6.07, 6.45) is 2.76. The molecule has 0 aromatic heterocycles. The number of nitrogen functional groups attached to an aromatic ring is 1. The maximum absolute atomic E-state index is 10.1. The molecule has 1 aromatic rings. The van der Waals surface area contributed by atoms with Crippen LogP contribution in [-0.4, -0.2) is 11.2 Å². The van der Waals surface area contributed by atoms with Gasteiger partial charge in [-0.2, -0.15) is 0 Å². The second kappa shape index (κ2) is 5.91. The Balaban J connectivity index is 0.00000144. The molecule has 2 rings (SSSR count). The van der Waals surface area contributed by atoms with Crippen molar-refractivity contribution in [3.63, 3.8) is 0 Å². The van der Waals surface area contributed by atoms with E-state index in [1.54, 1.807) is 18.2 Å². The van der Waals surface area contributed by atoms with Crippen molar-refractivity contribution in [2.75, 3.05) is 5.73 Å². The molecule has 0 spiro atoms. The van der Waals surface area contributed by atoms with Crippen molar-refractivity contribution in [1.29, 1.82) is 0 Å². The zero-order valence-corrected chi connectivity index (χ0v) is 11.0. The van der Waals surface area contributed by atoms with Gasteiger partial charge in [0.1, 0.15) is 0 Å². The molecular formula is C12H18Cl2N2O. The maximum Gasteiger partial charge on any atom is 0.0761 e. The van der Waals surface area contributed by atoms with E-state index >= 15 is 0 Å². The highest BCUT2D eigenvalue weighted by molar-refractivity contribution is 6.30. The molecule has 0 bridgehead atoms. The summed E-state index contributed by atoms with van der Waals surface area (Å²) in [6, 6.07) is 4.75. The molecule has 96 valence electrons. The smallest absolute Gasteiger partial charge is 0.0761 e. The number of aliphatic hydroxyl groups excluding tert-OH is 1. The third-order valence-electron chi connectivity index (χ3n) is 3.41. The van der Waals surface area contributed by atoms with E-state index in [-0.39, 0.29) is 12.4 Å². The highest BCUT2D eigenvalue weighted by Crippen LogP contribution is 2.36. The normalized spacial score (nSPS) is 19.0. The zero-order chi connectivity index (χ0) is 11.7. The summed E-state index contributed by atoms with van der Waals surface area (Å²) in [5.74, 6) is 0.313. The van der Waals surface area contributed by atoms with Crippen molar-refractivity contribution >= 4 is 29.7 Å². The van der Waals surface area contributed by atoms with E-state index in [9.17, 15) is 5.11 Å². The van der Waals surface area contributed by atoms with Crippen LogP contribution in [0.25, 0.3) is 0 Å². The van der Waals surface area contributed by atoms with Crippen molar-refractivity contribution in [3.05, 3.63) is 28.8 Å². The molecule has 1 aliphatic rings. The summed E-state index contributed by atoms with van der Waals surface area (Å²) in [5.41, 5.74) is 13.2. The minimum absolute atomic E-state index is 0. The Morgan fingerprint density at radius 3 is 2.53 bits per heavy atom. The molecule has 0 unspecified atom stereocenters. The van der Waals surface area contributed by atoms with E-state index in [0.29, 0.717) is 16.6 Å². The summed E-state index contributed by atoms with van der Waals surface area (Å²) in [5, 5.41) is 10.7. The van der Waals surface area contributed by atoms with Gasteiger partial charge in [0.15, 0.2) is 0 Å². The Labute approximate surface area is 113 Å². The first kappa shape index (κ1) is 14.6. The third-order valence-corrected chi connectivity index (χ3v) is 3.64. The topological polar surface area (TPSA) is 72.3 Å². The van der Waals surface area contributed by atoms with E-state index in [1.807, 2.05) is 0 Å². The summed E-state index contributed by atoms with van der Waals surface area (Å²) in [4.78, 5) is 0. The fourth-order valence-electron chi connectivity index (χ4n) is 2.09. The monoisotopic (exact) mass is 276 g/mol. The van der Waals surface area contributed by atoms with Gasteiger partial charge in [0.05, 0.1) is 12.1 Å². The van der Waals surface area contributed by atoms with Gasteiger partial charge in [-0.3, -0.25) is 0 Å². The number of benzene rings is 1. The van der Waals surface area contributed by atoms with Crippen molar-refractivity contribution < 1.29 is 5.11 Å². The van der Waals surface area contributed by atoms with Crippen LogP contribution in [0.15, 0.2) is 18.2 Å². The average molecular weight is 277 g/mol. The van der Waals surface area contributed by atoms with Crippen LogP contribution in [0.1, 0.15) is 30.9 Å². The largest absolute Gasteiger partial charge is 0.398 e. The number of anilines is 1. The summed E-state index contributed by atoms with van der Waals surface area (Å²) in [7, 11) is 0. The van der Waals surface area contributed by atoms with Gasteiger partial charge in [0, 0.05) is 10.7 Å². The van der Waals surface area contributed by atoms with Gasteiger partial charge in [0.2, 0.25) is 0 Å². The summed E-state index contributed by atoms with van der Waals surface area (Å²) < 4.78 is 0. The van der Waals surface area contributed by atoms with Crippen LogP contribution >= 0.6 is 24.0 Å². The molecule has 17 heavy (non-hydrogen) atoms. The fraction of sp³-hybridized carbons (Fsp3) is 0.500. The lowest BCUT2D eigenvalue weighted by Crippen LogP contribution is -2.36. The third kappa shape index (κ3) is 3.05. The molecule has 0 saturated heterocycles. The molecule has 5 heteroatoms. The van der Waals surface area contributed by atoms with Crippen molar-refractivity contribution in [3.8, 4) is 0 Å². The van der Waals surface area contributed by atoms with Crippen LogP contribution in [0, 0.1) is 5.92 Å². The van der Waals surface area contributed by atoms with Gasteiger partial charge in [-0.25, -0.2) is 0 Å². The Bertz CT molecular complexity index is 383. The molecule has 0 radical (unpaired) electrons. The van der Waals surface area contributed by atoms with E-state index in [0.717, 1.165) is 18.4 Å². The Morgan fingerprint density at radius 1 is 1.35 bits per heavy atom. The minimum atomic E-state index is -0.519. The second-order valence-electron chi connectivity index (χ2n) is 4.48. The van der Waals surface area contributed by atoms with Crippen LogP contribution in [0.4, 0.5) is 5.69 Å². The van der Waals surface area contributed by atoms with Gasteiger partial charge < -0.3 is 16.6 Å². The SMILES string of the molecule is Cl.Nc1ccc(Cl)cc1[C@H](N)[C@H](O)C1CCC1. The van der Waals surface area contributed by atoms with E-state index in [4.69, 9.17) is 23.1 Å². The molecule has 1 aliphatic carbocycles. The molecule has 2 atom stereocenters. The van der Waals surface area contributed by atoms with Crippen LogP contribution in [-0.2, 0) is 0 Å². The second-order valence-corrected chi connectivity index (χ2v) is 4.92. The molecule has 1 fully saturated rings. The van der Waals surface area contributed by atoms with Gasteiger partial charge in [-0.15, -0.1) is 12.4 Å². The Hall–Kier alpha value is -0.480. The first-order chi connectivity index (χ1) is 7.59. The van der Waals surface area contributed by atoms with Crippen molar-refractivity contribution in [2.45, 2.75) is 31.4 Å². The molecular weight excluding hydrogens is 259 g/mol. The Kier molecular flexibility index (Phi) is 5.07. The fourth-order valence-corrected chi connectivity index (χ4v) is 2.27. The lowest BCUT2D eigenvalue weighted by atomic mass is 9.77. The first-order valence-electron chi connectivity index (χ1n) is 5.58. The number of hydrogen-bond donors (Lipinski definition) is 3. The van der Waals surface area contributed by atoms with Crippen molar-refractivity contribution in [1.82, 2.24) is 0 Å². The van der Waals surface area contributed by atoms with E-state index in [1.165, 1.54) is 6.42 Å². The Morgan fingerprint density at radius 2 is 2.00 bits per heavy atom. The van der Waals surface area contributed by atoms with Gasteiger partial charge in [0.25, 0.3) is 0 Å². The minimum Gasteiger partial charge on any atom is -0.398 e. The van der Waals surface area contributed by atoms with Gasteiger partial charge in [-0.05, 0) is 42.5 Å². The molecule has 0 amide bonds.